The maximum absolute atomic E-state index is 12.0. The standard InChI is InChI=1S/C10H10BrN3O4S/c1-6-4-7(2-3-8(6)11)19(17,18)13-14-5-9(15)12-10(14)16/h2-4,13H,5H2,1H3,(H,12,15,16). The summed E-state index contributed by atoms with van der Waals surface area (Å²) in [5.41, 5.74) is 0.741. The molecule has 1 aromatic carbocycles. The monoisotopic (exact) mass is 347 g/mol. The zero-order chi connectivity index (χ0) is 14.2. The Morgan fingerprint density at radius 2 is 2.05 bits per heavy atom. The van der Waals surface area contributed by atoms with Gasteiger partial charge in [0.2, 0.25) is 5.91 Å². The van der Waals surface area contributed by atoms with Gasteiger partial charge in [0.1, 0.15) is 6.54 Å². The lowest BCUT2D eigenvalue weighted by Crippen LogP contribution is -2.44. The third-order valence-electron chi connectivity index (χ3n) is 2.46. The minimum absolute atomic E-state index is 0.0142. The van der Waals surface area contributed by atoms with Crippen LogP contribution in [-0.2, 0) is 14.8 Å². The van der Waals surface area contributed by atoms with Gasteiger partial charge in [0, 0.05) is 4.47 Å². The number of nitrogens with zero attached hydrogens (tertiary/aromatic N) is 1. The molecule has 9 heteroatoms. The maximum atomic E-state index is 12.0. The summed E-state index contributed by atoms with van der Waals surface area (Å²) < 4.78 is 24.9. The van der Waals surface area contributed by atoms with E-state index >= 15 is 0 Å². The van der Waals surface area contributed by atoms with Gasteiger partial charge in [0.25, 0.3) is 10.0 Å². The highest BCUT2D eigenvalue weighted by Crippen LogP contribution is 2.20. The fourth-order valence-corrected chi connectivity index (χ4v) is 2.87. The first-order valence-corrected chi connectivity index (χ1v) is 7.47. The lowest BCUT2D eigenvalue weighted by molar-refractivity contribution is -0.118. The molecule has 0 aliphatic carbocycles. The average Bonchev–Trinajstić information content (AvgIpc) is 2.60. The summed E-state index contributed by atoms with van der Waals surface area (Å²) in [6.45, 7) is 1.41. The molecule has 1 saturated heterocycles. The Kier molecular flexibility index (Phi) is 3.61. The van der Waals surface area contributed by atoms with Crippen LogP contribution in [0.2, 0.25) is 0 Å². The summed E-state index contributed by atoms with van der Waals surface area (Å²) in [6.07, 6.45) is 0. The summed E-state index contributed by atoms with van der Waals surface area (Å²) in [5.74, 6) is -0.556. The van der Waals surface area contributed by atoms with E-state index in [0.717, 1.165) is 15.0 Å². The Morgan fingerprint density at radius 3 is 2.58 bits per heavy atom. The van der Waals surface area contributed by atoms with Gasteiger partial charge in [-0.25, -0.2) is 18.2 Å². The summed E-state index contributed by atoms with van der Waals surface area (Å²) in [6, 6.07) is 3.67. The molecule has 0 spiro atoms. The van der Waals surface area contributed by atoms with Crippen molar-refractivity contribution >= 4 is 37.9 Å². The van der Waals surface area contributed by atoms with Crippen LogP contribution in [0.15, 0.2) is 27.6 Å². The molecule has 2 N–H and O–H groups in total. The van der Waals surface area contributed by atoms with E-state index in [1.807, 2.05) is 5.32 Å². The number of carbonyl (C=O) groups is 2. The molecule has 2 rings (SSSR count). The van der Waals surface area contributed by atoms with Crippen LogP contribution >= 0.6 is 15.9 Å². The van der Waals surface area contributed by atoms with Crippen molar-refractivity contribution in [3.8, 4) is 0 Å². The second-order valence-corrected chi connectivity index (χ2v) is 6.46. The number of urea groups is 1. The van der Waals surface area contributed by atoms with E-state index in [0.29, 0.717) is 0 Å². The molecule has 7 nitrogen and oxygen atoms in total. The topological polar surface area (TPSA) is 95.6 Å². The highest BCUT2D eigenvalue weighted by atomic mass is 79.9. The Hall–Kier alpha value is -1.45. The number of carbonyl (C=O) groups excluding carboxylic acids is 2. The molecule has 0 unspecified atom stereocenters. The molecule has 102 valence electrons. The first kappa shape index (κ1) is 14.0. The van der Waals surface area contributed by atoms with Gasteiger partial charge in [-0.3, -0.25) is 10.1 Å². The molecule has 0 radical (unpaired) electrons. The highest BCUT2D eigenvalue weighted by Gasteiger charge is 2.30. The van der Waals surface area contributed by atoms with Crippen molar-refractivity contribution in [3.05, 3.63) is 28.2 Å². The molecule has 1 fully saturated rings. The van der Waals surface area contributed by atoms with Crippen molar-refractivity contribution in [2.24, 2.45) is 0 Å². The quantitative estimate of drug-likeness (QED) is 0.778. The predicted octanol–water partition coefficient (Wildman–Crippen LogP) is 0.503. The molecule has 19 heavy (non-hydrogen) atoms. The molecule has 1 aliphatic heterocycles. The van der Waals surface area contributed by atoms with E-state index in [2.05, 4.69) is 20.8 Å². The van der Waals surface area contributed by atoms with Crippen molar-refractivity contribution in [2.45, 2.75) is 11.8 Å². The molecule has 0 atom stereocenters. The fourth-order valence-electron chi connectivity index (χ4n) is 1.50. The third-order valence-corrected chi connectivity index (χ3v) is 4.69. The fraction of sp³-hybridized carbons (Fsp3) is 0.200. The Morgan fingerprint density at radius 1 is 1.37 bits per heavy atom. The average molecular weight is 348 g/mol. The number of hydrogen-bond acceptors (Lipinski definition) is 4. The molecular formula is C10H10BrN3O4S. The van der Waals surface area contributed by atoms with Crippen molar-refractivity contribution in [2.75, 3.05) is 6.54 Å². The Bertz CT molecular complexity index is 659. The number of rotatable bonds is 3. The minimum Gasteiger partial charge on any atom is -0.275 e. The number of benzene rings is 1. The zero-order valence-electron chi connectivity index (χ0n) is 9.81. The van der Waals surface area contributed by atoms with E-state index in [1.54, 1.807) is 13.0 Å². The molecule has 0 bridgehead atoms. The summed E-state index contributed by atoms with van der Waals surface area (Å²) in [4.78, 5) is 24.3. The van der Waals surface area contributed by atoms with Gasteiger partial charge in [-0.05, 0) is 30.7 Å². The van der Waals surface area contributed by atoms with E-state index in [4.69, 9.17) is 0 Å². The number of halogens is 1. The molecule has 1 heterocycles. The number of nitrogens with one attached hydrogen (secondary N) is 2. The molecule has 0 saturated carbocycles. The van der Waals surface area contributed by atoms with E-state index in [1.165, 1.54) is 12.1 Å². The summed E-state index contributed by atoms with van der Waals surface area (Å²) in [5, 5.41) is 2.69. The number of hydrazine groups is 1. The third kappa shape index (κ3) is 2.94. The number of aryl methyl sites for hydroxylation is 1. The molecule has 1 aromatic rings. The van der Waals surface area contributed by atoms with Crippen LogP contribution in [0.5, 0.6) is 0 Å². The molecular weight excluding hydrogens is 338 g/mol. The normalized spacial score (nSPS) is 15.8. The van der Waals surface area contributed by atoms with Crippen LogP contribution in [0, 0.1) is 6.92 Å². The number of imide groups is 1. The SMILES string of the molecule is Cc1cc(S(=O)(=O)NN2CC(=O)NC2=O)ccc1Br. The van der Waals surface area contributed by atoms with Crippen molar-refractivity contribution in [1.82, 2.24) is 15.2 Å². The smallest absolute Gasteiger partial charge is 0.275 e. The zero-order valence-corrected chi connectivity index (χ0v) is 12.2. The number of sulfonamides is 1. The van der Waals surface area contributed by atoms with Crippen LogP contribution in [0.3, 0.4) is 0 Å². The number of amides is 3. The van der Waals surface area contributed by atoms with Crippen molar-refractivity contribution in [1.29, 1.82) is 0 Å². The van der Waals surface area contributed by atoms with E-state index in [-0.39, 0.29) is 11.4 Å². The molecule has 1 aliphatic rings. The van der Waals surface area contributed by atoms with Gasteiger partial charge in [-0.2, -0.15) is 0 Å². The van der Waals surface area contributed by atoms with Gasteiger partial charge in [-0.15, -0.1) is 4.83 Å². The predicted molar refractivity (Wildman–Crippen MR) is 69.4 cm³/mol. The van der Waals surface area contributed by atoms with Gasteiger partial charge >= 0.3 is 6.03 Å². The Balaban J connectivity index is 2.25. The minimum atomic E-state index is -3.90. The van der Waals surface area contributed by atoms with E-state index in [9.17, 15) is 18.0 Å². The first-order chi connectivity index (χ1) is 8.79. The second kappa shape index (κ2) is 4.91. The van der Waals surface area contributed by atoms with Crippen LogP contribution in [0.4, 0.5) is 4.79 Å². The lowest BCUT2D eigenvalue weighted by Gasteiger charge is -2.15. The van der Waals surface area contributed by atoms with Crippen LogP contribution in [-0.4, -0.2) is 31.9 Å². The van der Waals surface area contributed by atoms with Crippen molar-refractivity contribution < 1.29 is 18.0 Å². The lowest BCUT2D eigenvalue weighted by atomic mass is 10.2. The van der Waals surface area contributed by atoms with Gasteiger partial charge in [-0.1, -0.05) is 15.9 Å². The summed E-state index contributed by atoms with van der Waals surface area (Å²) in [7, 11) is -3.90. The molecule has 0 aromatic heterocycles. The highest BCUT2D eigenvalue weighted by molar-refractivity contribution is 9.10. The van der Waals surface area contributed by atoms with Crippen LogP contribution < -0.4 is 10.1 Å². The van der Waals surface area contributed by atoms with Gasteiger partial charge in [0.05, 0.1) is 4.90 Å². The van der Waals surface area contributed by atoms with Crippen LogP contribution in [0.25, 0.3) is 0 Å². The molecule has 3 amide bonds. The van der Waals surface area contributed by atoms with Gasteiger partial charge < -0.3 is 0 Å². The number of hydrogen-bond donors (Lipinski definition) is 2. The summed E-state index contributed by atoms with van der Waals surface area (Å²) >= 11 is 3.27. The first-order valence-electron chi connectivity index (χ1n) is 5.19. The Labute approximate surface area is 118 Å². The largest absolute Gasteiger partial charge is 0.339 e. The maximum Gasteiger partial charge on any atom is 0.339 e. The van der Waals surface area contributed by atoms with E-state index < -0.39 is 22.0 Å². The van der Waals surface area contributed by atoms with Crippen molar-refractivity contribution in [3.63, 3.8) is 0 Å². The second-order valence-electron chi connectivity index (χ2n) is 3.95. The van der Waals surface area contributed by atoms with Crippen LogP contribution in [0.1, 0.15) is 5.56 Å². The van der Waals surface area contributed by atoms with Gasteiger partial charge in [0.15, 0.2) is 0 Å².